The molecule has 0 radical (unpaired) electrons. The molecule has 0 aliphatic carbocycles. The predicted octanol–water partition coefficient (Wildman–Crippen LogP) is 3.03. The van der Waals surface area contributed by atoms with E-state index in [1.165, 1.54) is 11.3 Å². The Bertz CT molecular complexity index is 659. The van der Waals surface area contributed by atoms with Gasteiger partial charge < -0.3 is 4.42 Å². The number of ketones is 1. The summed E-state index contributed by atoms with van der Waals surface area (Å²) in [5.41, 5.74) is 0.801. The summed E-state index contributed by atoms with van der Waals surface area (Å²) < 4.78 is 5.39. The van der Waals surface area contributed by atoms with Crippen LogP contribution in [0.25, 0.3) is 11.5 Å². The van der Waals surface area contributed by atoms with Crippen LogP contribution in [0.15, 0.2) is 52.3 Å². The average molecular weight is 256 g/mol. The highest BCUT2D eigenvalue weighted by Crippen LogP contribution is 2.19. The zero-order valence-corrected chi connectivity index (χ0v) is 10.1. The molecule has 0 unspecified atom stereocenters. The van der Waals surface area contributed by atoms with E-state index in [2.05, 4.69) is 10.2 Å². The number of rotatable bonds is 3. The lowest BCUT2D eigenvalue weighted by molar-refractivity contribution is 0.101. The van der Waals surface area contributed by atoms with Gasteiger partial charge in [-0.25, -0.2) is 0 Å². The topological polar surface area (TPSA) is 56.0 Å². The summed E-state index contributed by atoms with van der Waals surface area (Å²) in [5, 5.41) is 9.51. The Hall–Kier alpha value is -2.27. The third kappa shape index (κ3) is 1.96. The highest BCUT2D eigenvalue weighted by Gasteiger charge is 2.18. The monoisotopic (exact) mass is 256 g/mol. The number of hydrogen-bond donors (Lipinski definition) is 0. The number of carbonyl (C=O) groups is 1. The first-order chi connectivity index (χ1) is 8.84. The Morgan fingerprint density at radius 3 is 2.61 bits per heavy atom. The van der Waals surface area contributed by atoms with Crippen LogP contribution in [0.4, 0.5) is 0 Å². The molecule has 0 bridgehead atoms. The van der Waals surface area contributed by atoms with Gasteiger partial charge in [-0.15, -0.1) is 21.5 Å². The third-order valence-corrected chi connectivity index (χ3v) is 3.25. The summed E-state index contributed by atoms with van der Waals surface area (Å²) in [6, 6.07) is 12.9. The third-order valence-electron chi connectivity index (χ3n) is 2.38. The van der Waals surface area contributed by atoms with Crippen molar-refractivity contribution < 1.29 is 9.21 Å². The molecular formula is C13H8N2O2S. The maximum atomic E-state index is 12.0. The minimum atomic E-state index is -0.236. The van der Waals surface area contributed by atoms with E-state index in [1.54, 1.807) is 6.07 Å². The largest absolute Gasteiger partial charge is 0.413 e. The molecule has 2 aromatic heterocycles. The zero-order valence-electron chi connectivity index (χ0n) is 9.24. The van der Waals surface area contributed by atoms with Crippen molar-refractivity contribution in [3.63, 3.8) is 0 Å². The maximum Gasteiger partial charge on any atom is 0.290 e. The van der Waals surface area contributed by atoms with Crippen LogP contribution in [-0.4, -0.2) is 16.0 Å². The second-order valence-corrected chi connectivity index (χ2v) is 4.53. The first-order valence-electron chi connectivity index (χ1n) is 5.32. The van der Waals surface area contributed by atoms with Crippen LogP contribution in [0.2, 0.25) is 0 Å². The molecule has 0 aliphatic rings. The Morgan fingerprint density at radius 2 is 1.89 bits per heavy atom. The first-order valence-corrected chi connectivity index (χ1v) is 6.20. The molecule has 0 saturated carbocycles. The maximum absolute atomic E-state index is 12.0. The molecule has 0 amide bonds. The van der Waals surface area contributed by atoms with Crippen LogP contribution in [0, 0.1) is 0 Å². The number of benzene rings is 1. The lowest BCUT2D eigenvalue weighted by Crippen LogP contribution is -1.98. The number of hydrogen-bond acceptors (Lipinski definition) is 5. The summed E-state index contributed by atoms with van der Waals surface area (Å²) in [4.78, 5) is 12.6. The standard InChI is InChI=1S/C13H8N2O2S/c16-11(10-7-4-8-18-10)13-15-14-12(17-13)9-5-2-1-3-6-9/h1-8H. The van der Waals surface area contributed by atoms with Crippen molar-refractivity contribution in [3.8, 4) is 11.5 Å². The van der Waals surface area contributed by atoms with Crippen LogP contribution >= 0.6 is 11.3 Å². The average Bonchev–Trinajstić information content (AvgIpc) is 3.10. The van der Waals surface area contributed by atoms with Crippen molar-refractivity contribution in [2.45, 2.75) is 0 Å². The van der Waals surface area contributed by atoms with Crippen molar-refractivity contribution in [1.29, 1.82) is 0 Å². The molecule has 0 N–H and O–H groups in total. The lowest BCUT2D eigenvalue weighted by atomic mass is 10.2. The minimum absolute atomic E-state index is 0.0244. The van der Waals surface area contributed by atoms with Crippen LogP contribution in [-0.2, 0) is 0 Å². The summed E-state index contributed by atoms with van der Waals surface area (Å²) >= 11 is 1.35. The molecule has 18 heavy (non-hydrogen) atoms. The quantitative estimate of drug-likeness (QED) is 0.676. The SMILES string of the molecule is O=C(c1nnc(-c2ccccc2)o1)c1cccs1. The molecule has 0 atom stereocenters. The smallest absolute Gasteiger partial charge is 0.290 e. The molecule has 0 spiro atoms. The minimum Gasteiger partial charge on any atom is -0.413 e. The molecule has 0 aliphatic heterocycles. The van der Waals surface area contributed by atoms with E-state index >= 15 is 0 Å². The molecule has 4 nitrogen and oxygen atoms in total. The molecule has 88 valence electrons. The number of nitrogens with zero attached hydrogens (tertiary/aromatic N) is 2. The summed E-state index contributed by atoms with van der Waals surface area (Å²) in [6.45, 7) is 0. The Labute approximate surface area is 107 Å². The van der Waals surface area contributed by atoms with Gasteiger partial charge >= 0.3 is 0 Å². The summed E-state index contributed by atoms with van der Waals surface area (Å²) in [5.74, 6) is 0.145. The highest BCUT2D eigenvalue weighted by atomic mass is 32.1. The molecule has 3 aromatic rings. The van der Waals surface area contributed by atoms with Crippen molar-refractivity contribution in [2.24, 2.45) is 0 Å². The van der Waals surface area contributed by atoms with Gasteiger partial charge in [-0.1, -0.05) is 24.3 Å². The van der Waals surface area contributed by atoms with Crippen LogP contribution in [0.3, 0.4) is 0 Å². The van der Waals surface area contributed by atoms with Gasteiger partial charge in [0.25, 0.3) is 11.7 Å². The van der Waals surface area contributed by atoms with E-state index in [-0.39, 0.29) is 11.7 Å². The van der Waals surface area contributed by atoms with E-state index in [1.807, 2.05) is 41.8 Å². The first kappa shape index (κ1) is 10.9. The fraction of sp³-hybridized carbons (Fsp3) is 0. The van der Waals surface area contributed by atoms with Gasteiger partial charge in [0, 0.05) is 5.56 Å². The van der Waals surface area contributed by atoms with Gasteiger partial charge in [0.2, 0.25) is 5.89 Å². The number of carbonyl (C=O) groups excluding carboxylic acids is 1. The van der Waals surface area contributed by atoms with Gasteiger partial charge in [-0.3, -0.25) is 4.79 Å². The Kier molecular flexibility index (Phi) is 2.74. The fourth-order valence-electron chi connectivity index (χ4n) is 1.53. The van der Waals surface area contributed by atoms with Crippen LogP contribution in [0.5, 0.6) is 0 Å². The lowest BCUT2D eigenvalue weighted by Gasteiger charge is -1.92. The highest BCUT2D eigenvalue weighted by molar-refractivity contribution is 7.12. The van der Waals surface area contributed by atoms with Crippen LogP contribution in [0.1, 0.15) is 15.6 Å². The van der Waals surface area contributed by atoms with Gasteiger partial charge in [-0.2, -0.15) is 0 Å². The molecule has 1 aromatic carbocycles. The van der Waals surface area contributed by atoms with E-state index in [9.17, 15) is 4.79 Å². The Balaban J connectivity index is 1.93. The fourth-order valence-corrected chi connectivity index (χ4v) is 2.18. The number of thiophene rings is 1. The molecule has 5 heteroatoms. The van der Waals surface area contributed by atoms with E-state index < -0.39 is 0 Å². The molecule has 3 rings (SSSR count). The van der Waals surface area contributed by atoms with Crippen LogP contribution < -0.4 is 0 Å². The van der Waals surface area contributed by atoms with Gasteiger partial charge in [0.1, 0.15) is 0 Å². The molecule has 0 fully saturated rings. The molecular weight excluding hydrogens is 248 g/mol. The summed E-state index contributed by atoms with van der Waals surface area (Å²) in [7, 11) is 0. The van der Waals surface area contributed by atoms with Gasteiger partial charge in [-0.05, 0) is 23.6 Å². The molecule has 2 heterocycles. The predicted molar refractivity (Wildman–Crippen MR) is 67.5 cm³/mol. The Morgan fingerprint density at radius 1 is 1.06 bits per heavy atom. The summed E-state index contributed by atoms with van der Waals surface area (Å²) in [6.07, 6.45) is 0. The van der Waals surface area contributed by atoms with Gasteiger partial charge in [0.05, 0.1) is 4.88 Å². The van der Waals surface area contributed by atoms with Crippen molar-refractivity contribution >= 4 is 17.1 Å². The van der Waals surface area contributed by atoms with E-state index in [0.717, 1.165) is 5.56 Å². The second-order valence-electron chi connectivity index (χ2n) is 3.58. The zero-order chi connectivity index (χ0) is 12.4. The van der Waals surface area contributed by atoms with E-state index in [4.69, 9.17) is 4.42 Å². The van der Waals surface area contributed by atoms with Crippen molar-refractivity contribution in [1.82, 2.24) is 10.2 Å². The molecule has 0 saturated heterocycles. The van der Waals surface area contributed by atoms with Crippen molar-refractivity contribution in [3.05, 3.63) is 58.6 Å². The van der Waals surface area contributed by atoms with E-state index in [0.29, 0.717) is 10.8 Å². The van der Waals surface area contributed by atoms with Crippen molar-refractivity contribution in [2.75, 3.05) is 0 Å². The van der Waals surface area contributed by atoms with Gasteiger partial charge in [0.15, 0.2) is 0 Å². The number of aromatic nitrogens is 2. The normalized spacial score (nSPS) is 10.4. The second kappa shape index (κ2) is 4.54.